The summed E-state index contributed by atoms with van der Waals surface area (Å²) in [6.45, 7) is 3.31. The molecular weight excluding hydrogens is 574 g/mol. The number of thioether (sulfide) groups is 1. The van der Waals surface area contributed by atoms with E-state index in [2.05, 4.69) is 10.2 Å². The minimum absolute atomic E-state index is 0.0574. The number of carbonyl (C=O) groups is 2. The second-order valence-electron chi connectivity index (χ2n) is 9.57. The average molecular weight is 602 g/mol. The topological polar surface area (TPSA) is 111 Å². The maximum Gasteiger partial charge on any atom is 0.301 e. The summed E-state index contributed by atoms with van der Waals surface area (Å²) in [5.41, 5.74) is 1.99. The lowest BCUT2D eigenvalue weighted by Gasteiger charge is -2.23. The van der Waals surface area contributed by atoms with Gasteiger partial charge in [0.25, 0.3) is 5.78 Å². The van der Waals surface area contributed by atoms with Gasteiger partial charge in [0.1, 0.15) is 24.7 Å². The largest absolute Gasteiger partial charge is 0.507 e. The second-order valence-corrected chi connectivity index (χ2v) is 11.8. The molecule has 9 nitrogen and oxygen atoms in total. The fourth-order valence-electron chi connectivity index (χ4n) is 4.76. The van der Waals surface area contributed by atoms with Gasteiger partial charge in [-0.05, 0) is 47.9 Å². The number of hydrogen-bond donors (Lipinski definition) is 1. The molecule has 2 aliphatic heterocycles. The molecular formula is C31H27N3O6S2. The van der Waals surface area contributed by atoms with Crippen LogP contribution in [0.3, 0.4) is 0 Å². The molecule has 3 aromatic carbocycles. The van der Waals surface area contributed by atoms with Crippen LogP contribution in [0.25, 0.3) is 5.76 Å². The summed E-state index contributed by atoms with van der Waals surface area (Å²) in [5.74, 6) is 0.339. The molecule has 0 aliphatic carbocycles. The maximum absolute atomic E-state index is 13.6. The van der Waals surface area contributed by atoms with Crippen LogP contribution in [0.15, 0.2) is 82.7 Å². The lowest BCUT2D eigenvalue weighted by molar-refractivity contribution is -0.132. The summed E-state index contributed by atoms with van der Waals surface area (Å²) in [6, 6.07) is 21.1. The van der Waals surface area contributed by atoms with Gasteiger partial charge in [-0.25, -0.2) is 0 Å². The highest BCUT2D eigenvalue weighted by atomic mass is 32.2. The monoisotopic (exact) mass is 601 g/mol. The Bertz CT molecular complexity index is 1660. The van der Waals surface area contributed by atoms with Crippen molar-refractivity contribution in [2.45, 2.75) is 29.5 Å². The molecule has 1 atom stereocenters. The van der Waals surface area contributed by atoms with Crippen LogP contribution in [0, 0.1) is 0 Å². The van der Waals surface area contributed by atoms with E-state index in [1.54, 1.807) is 36.4 Å². The van der Waals surface area contributed by atoms with Crippen molar-refractivity contribution in [3.05, 3.63) is 95.1 Å². The number of hydrogen-bond acceptors (Lipinski definition) is 10. The van der Waals surface area contributed by atoms with Gasteiger partial charge >= 0.3 is 5.91 Å². The van der Waals surface area contributed by atoms with E-state index in [9.17, 15) is 14.7 Å². The van der Waals surface area contributed by atoms with Gasteiger partial charge in [-0.1, -0.05) is 72.5 Å². The van der Waals surface area contributed by atoms with Crippen LogP contribution in [0.1, 0.15) is 36.1 Å². The van der Waals surface area contributed by atoms with Crippen LogP contribution in [0.2, 0.25) is 0 Å². The molecule has 0 radical (unpaired) electrons. The molecule has 6 rings (SSSR count). The Morgan fingerprint density at radius 2 is 1.83 bits per heavy atom. The van der Waals surface area contributed by atoms with Gasteiger partial charge in [-0.15, -0.1) is 10.2 Å². The number of anilines is 1. The minimum Gasteiger partial charge on any atom is -0.507 e. The number of ketones is 1. The third kappa shape index (κ3) is 5.57. The van der Waals surface area contributed by atoms with Crippen molar-refractivity contribution in [1.29, 1.82) is 0 Å². The predicted octanol–water partition coefficient (Wildman–Crippen LogP) is 6.02. The zero-order valence-electron chi connectivity index (χ0n) is 22.7. The highest BCUT2D eigenvalue weighted by Gasteiger charge is 2.48. The molecule has 42 heavy (non-hydrogen) atoms. The molecule has 1 fully saturated rings. The zero-order chi connectivity index (χ0) is 29.1. The van der Waals surface area contributed by atoms with Crippen molar-refractivity contribution in [2.75, 3.05) is 24.7 Å². The Labute approximate surface area is 250 Å². The Hall–Kier alpha value is -4.35. The highest BCUT2D eigenvalue weighted by Crippen LogP contribution is 2.45. The molecule has 2 aliphatic rings. The molecule has 0 saturated carbocycles. The smallest absolute Gasteiger partial charge is 0.301 e. The van der Waals surface area contributed by atoms with Crippen LogP contribution in [0.4, 0.5) is 5.13 Å². The van der Waals surface area contributed by atoms with Gasteiger partial charge in [-0.3, -0.25) is 14.5 Å². The van der Waals surface area contributed by atoms with Crippen LogP contribution in [-0.2, 0) is 15.3 Å². The summed E-state index contributed by atoms with van der Waals surface area (Å²) < 4.78 is 17.8. The van der Waals surface area contributed by atoms with E-state index in [4.69, 9.17) is 14.2 Å². The normalized spacial score (nSPS) is 17.5. The number of amides is 1. The van der Waals surface area contributed by atoms with Crippen molar-refractivity contribution < 1.29 is 28.9 Å². The second kappa shape index (κ2) is 12.3. The number of nitrogens with zero attached hydrogens (tertiary/aromatic N) is 3. The fraction of sp³-hybridized carbons (Fsp3) is 0.226. The zero-order valence-corrected chi connectivity index (χ0v) is 24.3. The van der Waals surface area contributed by atoms with Crippen LogP contribution < -0.4 is 19.1 Å². The lowest BCUT2D eigenvalue weighted by atomic mass is 9.95. The van der Waals surface area contributed by atoms with E-state index in [0.717, 1.165) is 12.0 Å². The van der Waals surface area contributed by atoms with Crippen LogP contribution >= 0.6 is 23.1 Å². The first-order valence-electron chi connectivity index (χ1n) is 13.5. The van der Waals surface area contributed by atoms with Crippen LogP contribution in [0.5, 0.6) is 17.2 Å². The lowest BCUT2D eigenvalue weighted by Crippen LogP contribution is -2.29. The summed E-state index contributed by atoms with van der Waals surface area (Å²) in [5, 5.41) is 20.4. The summed E-state index contributed by atoms with van der Waals surface area (Å²) in [7, 11) is 0. The minimum atomic E-state index is -0.955. The first-order valence-corrected chi connectivity index (χ1v) is 15.3. The Kier molecular flexibility index (Phi) is 8.11. The first-order chi connectivity index (χ1) is 20.5. The molecule has 1 amide bonds. The standard InChI is InChI=1S/C31H27N3O6S2/c1-2-13-38-22-10-6-9-20(16-22)26-25(27(35)21-11-12-23-24(17-21)40-15-14-39-23)28(36)29(37)34(26)30-32-33-31(42-30)41-18-19-7-4-3-5-8-19/h3-12,16-17,26,35H,2,13-15,18H2,1H3. The molecule has 0 spiro atoms. The molecule has 4 aromatic rings. The number of aliphatic hydroxyl groups is 1. The molecule has 3 heterocycles. The SMILES string of the molecule is CCCOc1cccc(C2C(=C(O)c3ccc4c(c3)OCCO4)C(=O)C(=O)N2c2nnc(SCc3ccccc3)s2)c1. The van der Waals surface area contributed by atoms with E-state index in [1.807, 2.05) is 43.3 Å². The van der Waals surface area contributed by atoms with Gasteiger partial charge in [0.05, 0.1) is 18.2 Å². The molecule has 1 unspecified atom stereocenters. The summed E-state index contributed by atoms with van der Waals surface area (Å²) in [6.07, 6.45) is 0.820. The summed E-state index contributed by atoms with van der Waals surface area (Å²) in [4.78, 5) is 28.5. The number of benzene rings is 3. The van der Waals surface area contributed by atoms with Gasteiger partial charge in [0.15, 0.2) is 15.8 Å². The number of aliphatic hydroxyl groups excluding tert-OH is 1. The van der Waals surface area contributed by atoms with Crippen molar-refractivity contribution in [1.82, 2.24) is 10.2 Å². The Balaban J connectivity index is 1.41. The average Bonchev–Trinajstić information content (AvgIpc) is 3.60. The third-order valence-electron chi connectivity index (χ3n) is 6.71. The quantitative estimate of drug-likeness (QED) is 0.0810. The number of rotatable bonds is 9. The van der Waals surface area contributed by atoms with Gasteiger partial charge in [-0.2, -0.15) is 0 Å². The van der Waals surface area contributed by atoms with E-state index < -0.39 is 17.7 Å². The van der Waals surface area contributed by atoms with E-state index >= 15 is 0 Å². The third-order valence-corrected chi connectivity index (χ3v) is 8.84. The van der Waals surface area contributed by atoms with Gasteiger partial charge < -0.3 is 19.3 Å². The van der Waals surface area contributed by atoms with Crippen molar-refractivity contribution >= 4 is 45.7 Å². The van der Waals surface area contributed by atoms with Crippen LogP contribution in [-0.4, -0.2) is 46.8 Å². The van der Waals surface area contributed by atoms with E-state index in [0.29, 0.717) is 58.3 Å². The maximum atomic E-state index is 13.6. The van der Waals surface area contributed by atoms with E-state index in [1.165, 1.54) is 28.0 Å². The number of aromatic nitrogens is 2. The Morgan fingerprint density at radius 1 is 1.02 bits per heavy atom. The van der Waals surface area contributed by atoms with Gasteiger partial charge in [0, 0.05) is 11.3 Å². The molecule has 1 N–H and O–H groups in total. The van der Waals surface area contributed by atoms with E-state index in [-0.39, 0.29) is 16.5 Å². The highest BCUT2D eigenvalue weighted by molar-refractivity contribution is 8.00. The number of Topliss-reactive ketones (excluding diaryl/α,β-unsaturated/α-hetero) is 1. The number of fused-ring (bicyclic) bond motifs is 1. The molecule has 11 heteroatoms. The fourth-order valence-corrected chi connectivity index (χ4v) is 6.59. The van der Waals surface area contributed by atoms with Crippen molar-refractivity contribution in [3.8, 4) is 17.2 Å². The van der Waals surface area contributed by atoms with Crippen molar-refractivity contribution in [3.63, 3.8) is 0 Å². The van der Waals surface area contributed by atoms with Crippen molar-refractivity contribution in [2.24, 2.45) is 0 Å². The Morgan fingerprint density at radius 3 is 2.64 bits per heavy atom. The van der Waals surface area contributed by atoms with Gasteiger partial charge in [0.2, 0.25) is 5.13 Å². The predicted molar refractivity (Wildman–Crippen MR) is 160 cm³/mol. The summed E-state index contributed by atoms with van der Waals surface area (Å²) >= 11 is 2.72. The molecule has 0 bridgehead atoms. The molecule has 214 valence electrons. The number of carbonyl (C=O) groups excluding carboxylic acids is 2. The first kappa shape index (κ1) is 27.8. The molecule has 1 saturated heterocycles. The molecule has 1 aromatic heterocycles. The number of ether oxygens (including phenoxy) is 3.